The number of halogens is 3. The van der Waals surface area contributed by atoms with Gasteiger partial charge in [0.05, 0.1) is 5.02 Å². The number of benzene rings is 1. The number of nitrogen functional groups attached to an aromatic ring is 1. The quantitative estimate of drug-likeness (QED) is 0.601. The molecule has 0 atom stereocenters. The van der Waals surface area contributed by atoms with Crippen LogP contribution >= 0.6 is 11.6 Å². The molecule has 0 spiro atoms. The first-order valence-electron chi connectivity index (χ1n) is 5.40. The number of nitrogens with two attached hydrogens (primary N) is 1. The fourth-order valence-corrected chi connectivity index (χ4v) is 1.67. The first kappa shape index (κ1) is 14.2. The molecule has 0 aliphatic rings. The van der Waals surface area contributed by atoms with Crippen molar-refractivity contribution in [2.45, 2.75) is 0 Å². The van der Waals surface area contributed by atoms with E-state index >= 15 is 0 Å². The molecule has 104 valence electrons. The van der Waals surface area contributed by atoms with Gasteiger partial charge in [0.25, 0.3) is 5.91 Å². The lowest BCUT2D eigenvalue weighted by Gasteiger charge is -2.08. The molecule has 0 radical (unpaired) electrons. The zero-order valence-electron chi connectivity index (χ0n) is 9.95. The van der Waals surface area contributed by atoms with Gasteiger partial charge in [-0.2, -0.15) is 0 Å². The van der Waals surface area contributed by atoms with E-state index in [4.69, 9.17) is 17.4 Å². The van der Waals surface area contributed by atoms with Crippen LogP contribution in [0.15, 0.2) is 30.5 Å². The molecule has 1 amide bonds. The van der Waals surface area contributed by atoms with Crippen molar-refractivity contribution < 1.29 is 13.6 Å². The summed E-state index contributed by atoms with van der Waals surface area (Å²) in [5, 5.41) is 2.56. The Morgan fingerprint density at radius 2 is 1.95 bits per heavy atom. The Labute approximate surface area is 117 Å². The van der Waals surface area contributed by atoms with E-state index in [0.29, 0.717) is 0 Å². The molecule has 0 aliphatic carbocycles. The van der Waals surface area contributed by atoms with Gasteiger partial charge in [0.2, 0.25) is 0 Å². The summed E-state index contributed by atoms with van der Waals surface area (Å²) >= 11 is 5.81. The SMILES string of the molecule is NNc1c(F)cc(C(=O)Nc2ncccc2Cl)cc1F. The second-order valence-corrected chi connectivity index (χ2v) is 4.15. The molecule has 0 aliphatic heterocycles. The molecule has 5 nitrogen and oxygen atoms in total. The number of amides is 1. The molecule has 0 unspecified atom stereocenters. The molecule has 0 fully saturated rings. The minimum absolute atomic E-state index is 0.0982. The summed E-state index contributed by atoms with van der Waals surface area (Å²) in [7, 11) is 0. The molecular formula is C12H9ClF2N4O. The Bertz CT molecular complexity index is 643. The van der Waals surface area contributed by atoms with E-state index in [1.54, 1.807) is 6.07 Å². The fraction of sp³-hybridized carbons (Fsp3) is 0. The third-order valence-corrected chi connectivity index (χ3v) is 2.74. The molecular weight excluding hydrogens is 290 g/mol. The molecule has 8 heteroatoms. The summed E-state index contributed by atoms with van der Waals surface area (Å²) in [5.74, 6) is 2.35. The summed E-state index contributed by atoms with van der Waals surface area (Å²) < 4.78 is 27.0. The molecule has 0 saturated heterocycles. The average Bonchev–Trinajstić information content (AvgIpc) is 2.41. The molecule has 20 heavy (non-hydrogen) atoms. The normalized spacial score (nSPS) is 10.2. The summed E-state index contributed by atoms with van der Waals surface area (Å²) in [6, 6.07) is 4.81. The van der Waals surface area contributed by atoms with Crippen molar-refractivity contribution in [3.63, 3.8) is 0 Å². The van der Waals surface area contributed by atoms with Crippen molar-refractivity contribution in [1.82, 2.24) is 4.98 Å². The van der Waals surface area contributed by atoms with E-state index in [2.05, 4.69) is 10.3 Å². The molecule has 1 heterocycles. The summed E-state index contributed by atoms with van der Waals surface area (Å²) in [5.41, 5.74) is 1.14. The Morgan fingerprint density at radius 3 is 2.50 bits per heavy atom. The highest BCUT2D eigenvalue weighted by atomic mass is 35.5. The van der Waals surface area contributed by atoms with E-state index in [1.165, 1.54) is 12.3 Å². The Hall–Kier alpha value is -2.25. The summed E-state index contributed by atoms with van der Waals surface area (Å²) in [4.78, 5) is 15.7. The topological polar surface area (TPSA) is 80.0 Å². The maximum atomic E-state index is 13.5. The van der Waals surface area contributed by atoms with Crippen LogP contribution in [0.5, 0.6) is 0 Å². The third-order valence-electron chi connectivity index (χ3n) is 2.44. The lowest BCUT2D eigenvalue weighted by molar-refractivity contribution is 0.102. The molecule has 2 aromatic rings. The second-order valence-electron chi connectivity index (χ2n) is 3.75. The highest BCUT2D eigenvalue weighted by Gasteiger charge is 2.15. The van der Waals surface area contributed by atoms with Gasteiger partial charge in [-0.3, -0.25) is 10.6 Å². The summed E-state index contributed by atoms with van der Waals surface area (Å²) in [6.07, 6.45) is 1.42. The highest BCUT2D eigenvalue weighted by molar-refractivity contribution is 6.33. The molecule has 1 aromatic carbocycles. The number of hydrazine groups is 1. The number of pyridine rings is 1. The number of hydrogen-bond donors (Lipinski definition) is 3. The highest BCUT2D eigenvalue weighted by Crippen LogP contribution is 2.22. The number of carbonyl (C=O) groups is 1. The molecule has 0 saturated carbocycles. The van der Waals surface area contributed by atoms with Crippen molar-refractivity contribution >= 4 is 29.0 Å². The predicted molar refractivity (Wildman–Crippen MR) is 71.4 cm³/mol. The van der Waals surface area contributed by atoms with Crippen molar-refractivity contribution in [1.29, 1.82) is 0 Å². The van der Waals surface area contributed by atoms with Crippen LogP contribution in [0.3, 0.4) is 0 Å². The lowest BCUT2D eigenvalue weighted by atomic mass is 10.1. The van der Waals surface area contributed by atoms with Crippen LogP contribution in [0.2, 0.25) is 5.02 Å². The van der Waals surface area contributed by atoms with Crippen LogP contribution in [0.25, 0.3) is 0 Å². The maximum absolute atomic E-state index is 13.5. The fourth-order valence-electron chi connectivity index (χ4n) is 1.50. The number of carbonyl (C=O) groups excluding carboxylic acids is 1. The van der Waals surface area contributed by atoms with E-state index in [1.807, 2.05) is 5.43 Å². The summed E-state index contributed by atoms with van der Waals surface area (Å²) in [6.45, 7) is 0. The van der Waals surface area contributed by atoms with Crippen molar-refractivity contribution in [3.05, 3.63) is 52.7 Å². The van der Waals surface area contributed by atoms with Crippen LogP contribution in [0.4, 0.5) is 20.3 Å². The standard InChI is InChI=1S/C12H9ClF2N4O/c13-7-2-1-3-17-11(7)18-12(20)6-4-8(14)10(19-16)9(15)5-6/h1-5,19H,16H2,(H,17,18,20). The van der Waals surface area contributed by atoms with Gasteiger partial charge >= 0.3 is 0 Å². The van der Waals surface area contributed by atoms with Gasteiger partial charge < -0.3 is 10.7 Å². The Kier molecular flexibility index (Phi) is 4.11. The van der Waals surface area contributed by atoms with Crippen LogP contribution in [0, 0.1) is 11.6 Å². The van der Waals surface area contributed by atoms with Crippen LogP contribution in [-0.2, 0) is 0 Å². The zero-order valence-corrected chi connectivity index (χ0v) is 10.7. The largest absolute Gasteiger partial charge is 0.319 e. The first-order chi connectivity index (χ1) is 9.52. The number of rotatable bonds is 3. The van der Waals surface area contributed by atoms with Crippen molar-refractivity contribution in [2.75, 3.05) is 10.7 Å². The molecule has 1 aromatic heterocycles. The average molecular weight is 299 g/mol. The van der Waals surface area contributed by atoms with Crippen LogP contribution in [0.1, 0.15) is 10.4 Å². The molecule has 4 N–H and O–H groups in total. The van der Waals surface area contributed by atoms with Crippen LogP contribution < -0.4 is 16.6 Å². The molecule has 2 rings (SSSR count). The maximum Gasteiger partial charge on any atom is 0.257 e. The van der Waals surface area contributed by atoms with Gasteiger partial charge in [-0.1, -0.05) is 11.6 Å². The number of aromatic nitrogens is 1. The third kappa shape index (κ3) is 2.84. The Morgan fingerprint density at radius 1 is 1.30 bits per heavy atom. The van der Waals surface area contributed by atoms with Crippen LogP contribution in [-0.4, -0.2) is 10.9 Å². The van der Waals surface area contributed by atoms with Gasteiger partial charge in [-0.15, -0.1) is 0 Å². The first-order valence-corrected chi connectivity index (χ1v) is 5.78. The smallest absolute Gasteiger partial charge is 0.257 e. The van der Waals surface area contributed by atoms with E-state index in [-0.39, 0.29) is 16.4 Å². The number of hydrogen-bond acceptors (Lipinski definition) is 4. The van der Waals surface area contributed by atoms with E-state index in [9.17, 15) is 13.6 Å². The Balaban J connectivity index is 2.29. The van der Waals surface area contributed by atoms with Crippen molar-refractivity contribution in [3.8, 4) is 0 Å². The lowest BCUT2D eigenvalue weighted by Crippen LogP contribution is -2.16. The van der Waals surface area contributed by atoms with Gasteiger partial charge in [-0.05, 0) is 24.3 Å². The minimum Gasteiger partial charge on any atom is -0.319 e. The molecule has 0 bridgehead atoms. The van der Waals surface area contributed by atoms with E-state index < -0.39 is 23.2 Å². The minimum atomic E-state index is -0.982. The number of nitrogens with zero attached hydrogens (tertiary/aromatic N) is 1. The van der Waals surface area contributed by atoms with E-state index in [0.717, 1.165) is 12.1 Å². The van der Waals surface area contributed by atoms with Gasteiger partial charge in [-0.25, -0.2) is 13.8 Å². The van der Waals surface area contributed by atoms with Gasteiger partial charge in [0.1, 0.15) is 5.69 Å². The number of nitrogens with one attached hydrogen (secondary N) is 2. The van der Waals surface area contributed by atoms with Crippen molar-refractivity contribution in [2.24, 2.45) is 5.84 Å². The van der Waals surface area contributed by atoms with Gasteiger partial charge in [0.15, 0.2) is 17.5 Å². The zero-order chi connectivity index (χ0) is 14.7. The van der Waals surface area contributed by atoms with Gasteiger partial charge in [0, 0.05) is 11.8 Å². The number of anilines is 2. The predicted octanol–water partition coefficient (Wildman–Crippen LogP) is 2.55. The monoisotopic (exact) mass is 298 g/mol. The second kappa shape index (κ2) is 5.81.